The highest BCUT2D eigenvalue weighted by atomic mass is 35.5. The molecule has 3 fully saturated rings. The summed E-state index contributed by atoms with van der Waals surface area (Å²) < 4.78 is 18.5. The van der Waals surface area contributed by atoms with Crippen LogP contribution in [0.5, 0.6) is 5.88 Å². The molecule has 6 nitrogen and oxygen atoms in total. The van der Waals surface area contributed by atoms with Crippen molar-refractivity contribution in [3.05, 3.63) is 71.2 Å². The zero-order chi connectivity index (χ0) is 24.4. The highest BCUT2D eigenvalue weighted by Gasteiger charge is 2.70. The van der Waals surface area contributed by atoms with E-state index < -0.39 is 0 Å². The molecule has 4 aromatic rings. The minimum absolute atomic E-state index is 0.0570. The number of H-pyrrole nitrogens is 1. The fourth-order valence-electron chi connectivity index (χ4n) is 5.77. The molecular formula is C29H24ClN3O3. The van der Waals surface area contributed by atoms with Crippen molar-refractivity contribution in [2.75, 3.05) is 13.2 Å². The van der Waals surface area contributed by atoms with Crippen LogP contribution in [-0.2, 0) is 9.47 Å². The molecule has 7 rings (SSSR count). The number of pyridine rings is 1. The molecule has 4 heterocycles. The van der Waals surface area contributed by atoms with Crippen LogP contribution in [0.15, 0.2) is 60.7 Å². The normalized spacial score (nSPS) is 28.4. The average molecular weight is 498 g/mol. The standard InChI is InChI=1S/C29H24ClN3O3/c1-16-14-34-27-26(16)35-15-29(27)12-23(29)36-28-20(13-31)25-22(32-28)11-21(30)24(33-25)19-9-7-18(8-10-19)17-5-3-2-4-6-17/h2-11,16,23,26-27,32H,12,14-15H2,1H3/t16-,23+,26-,27+,29?/m1/s1. The highest BCUT2D eigenvalue weighted by Crippen LogP contribution is 2.59. The molecule has 0 amide bonds. The molecule has 7 heteroatoms. The summed E-state index contributed by atoms with van der Waals surface area (Å²) in [5.41, 5.74) is 5.27. The van der Waals surface area contributed by atoms with E-state index in [4.69, 9.17) is 30.8 Å². The summed E-state index contributed by atoms with van der Waals surface area (Å²) in [6.07, 6.45) is 0.992. The number of nitrogens with zero attached hydrogens (tertiary/aromatic N) is 2. The van der Waals surface area contributed by atoms with Crippen LogP contribution in [0.1, 0.15) is 18.9 Å². The third-order valence-electron chi connectivity index (χ3n) is 7.88. The Labute approximate surface area is 213 Å². The van der Waals surface area contributed by atoms with Crippen molar-refractivity contribution in [1.29, 1.82) is 5.26 Å². The number of rotatable bonds is 4. The minimum Gasteiger partial charge on any atom is -0.474 e. The first-order valence-electron chi connectivity index (χ1n) is 12.3. The van der Waals surface area contributed by atoms with Gasteiger partial charge in [0.25, 0.3) is 0 Å². The second-order valence-electron chi connectivity index (χ2n) is 10.1. The Balaban J connectivity index is 1.19. The molecule has 1 N–H and O–H groups in total. The van der Waals surface area contributed by atoms with Crippen molar-refractivity contribution < 1.29 is 14.2 Å². The Morgan fingerprint density at radius 3 is 2.61 bits per heavy atom. The maximum absolute atomic E-state index is 10.0. The zero-order valence-electron chi connectivity index (χ0n) is 19.7. The molecule has 36 heavy (non-hydrogen) atoms. The molecule has 2 aromatic heterocycles. The van der Waals surface area contributed by atoms with E-state index in [1.54, 1.807) is 0 Å². The quantitative estimate of drug-likeness (QED) is 0.374. The van der Waals surface area contributed by atoms with Crippen molar-refractivity contribution in [3.63, 3.8) is 0 Å². The second-order valence-corrected chi connectivity index (χ2v) is 10.6. The number of hydrogen-bond donors (Lipinski definition) is 1. The lowest BCUT2D eigenvalue weighted by Crippen LogP contribution is -2.29. The summed E-state index contributed by atoms with van der Waals surface area (Å²) in [4.78, 5) is 8.04. The number of hydrogen-bond acceptors (Lipinski definition) is 5. The predicted molar refractivity (Wildman–Crippen MR) is 137 cm³/mol. The van der Waals surface area contributed by atoms with E-state index in [2.05, 4.69) is 42.2 Å². The van der Waals surface area contributed by atoms with Gasteiger partial charge in [-0.15, -0.1) is 0 Å². The molecule has 180 valence electrons. The fraction of sp³-hybridized carbons (Fsp3) is 0.310. The maximum atomic E-state index is 10.0. The first-order valence-corrected chi connectivity index (χ1v) is 12.6. The molecule has 1 saturated carbocycles. The lowest BCUT2D eigenvalue weighted by molar-refractivity contribution is 0.0471. The number of benzene rings is 2. The average Bonchev–Trinajstić information content (AvgIpc) is 3.15. The van der Waals surface area contributed by atoms with E-state index in [9.17, 15) is 5.26 Å². The van der Waals surface area contributed by atoms with E-state index in [0.29, 0.717) is 45.7 Å². The van der Waals surface area contributed by atoms with E-state index in [-0.39, 0.29) is 23.7 Å². The molecule has 3 aliphatic rings. The van der Waals surface area contributed by atoms with Crippen LogP contribution in [-0.4, -0.2) is 41.5 Å². The van der Waals surface area contributed by atoms with Gasteiger partial charge in [0.1, 0.15) is 23.3 Å². The number of aromatic nitrogens is 2. The molecule has 1 spiro atoms. The summed E-state index contributed by atoms with van der Waals surface area (Å²) in [5, 5.41) is 10.5. The maximum Gasteiger partial charge on any atom is 0.212 e. The van der Waals surface area contributed by atoms with Gasteiger partial charge in [-0.2, -0.15) is 5.26 Å². The highest BCUT2D eigenvalue weighted by molar-refractivity contribution is 6.33. The number of ether oxygens (including phenoxy) is 3. The van der Waals surface area contributed by atoms with E-state index >= 15 is 0 Å². The predicted octanol–water partition coefficient (Wildman–Crippen LogP) is 5.99. The van der Waals surface area contributed by atoms with Gasteiger partial charge in [-0.05, 0) is 23.6 Å². The second kappa shape index (κ2) is 8.07. The fourth-order valence-corrected chi connectivity index (χ4v) is 6.03. The summed E-state index contributed by atoms with van der Waals surface area (Å²) in [6.45, 7) is 3.51. The van der Waals surface area contributed by atoms with Crippen LogP contribution in [0.4, 0.5) is 0 Å². The Morgan fingerprint density at radius 2 is 1.83 bits per heavy atom. The number of fused-ring (bicyclic) bond motifs is 3. The number of halogens is 1. The van der Waals surface area contributed by atoms with Gasteiger partial charge in [0.15, 0.2) is 0 Å². The van der Waals surface area contributed by atoms with Crippen molar-refractivity contribution >= 4 is 22.6 Å². The SMILES string of the molecule is C[C@@H]1CO[C@H]2[C@@H]1OCC21C[C@@H]1Oc1[nH]c2cc(Cl)c(-c3ccc(-c4ccccc4)cc3)nc2c1C#N. The van der Waals surface area contributed by atoms with Gasteiger partial charge in [-0.3, -0.25) is 0 Å². The summed E-state index contributed by atoms with van der Waals surface area (Å²) in [7, 11) is 0. The van der Waals surface area contributed by atoms with E-state index in [0.717, 1.165) is 29.7 Å². The first kappa shape index (κ1) is 21.9. The third-order valence-corrected chi connectivity index (χ3v) is 8.17. The molecule has 2 aromatic carbocycles. The van der Waals surface area contributed by atoms with Crippen molar-refractivity contribution in [1.82, 2.24) is 9.97 Å². The van der Waals surface area contributed by atoms with Crippen LogP contribution in [0, 0.1) is 22.7 Å². The Kier molecular flexibility index (Phi) is 4.91. The monoisotopic (exact) mass is 497 g/mol. The van der Waals surface area contributed by atoms with Gasteiger partial charge in [0, 0.05) is 11.5 Å². The van der Waals surface area contributed by atoms with Gasteiger partial charge < -0.3 is 19.2 Å². The van der Waals surface area contributed by atoms with Gasteiger partial charge in [-0.25, -0.2) is 4.98 Å². The minimum atomic E-state index is -0.129. The molecule has 2 saturated heterocycles. The Hall–Kier alpha value is -3.37. The largest absolute Gasteiger partial charge is 0.474 e. The van der Waals surface area contributed by atoms with Gasteiger partial charge in [0.2, 0.25) is 5.88 Å². The lowest BCUT2D eigenvalue weighted by atomic mass is 9.95. The van der Waals surface area contributed by atoms with Crippen LogP contribution < -0.4 is 4.74 Å². The van der Waals surface area contributed by atoms with Crippen LogP contribution in [0.2, 0.25) is 5.02 Å². The molecule has 0 radical (unpaired) electrons. The van der Waals surface area contributed by atoms with E-state index in [1.807, 2.05) is 36.4 Å². The van der Waals surface area contributed by atoms with Crippen LogP contribution in [0.3, 0.4) is 0 Å². The summed E-state index contributed by atoms with van der Waals surface area (Å²) >= 11 is 6.65. The molecule has 5 atom stereocenters. The van der Waals surface area contributed by atoms with Crippen molar-refractivity contribution in [2.45, 2.75) is 31.7 Å². The summed E-state index contributed by atoms with van der Waals surface area (Å²) in [5.74, 6) is 0.828. The smallest absolute Gasteiger partial charge is 0.212 e. The Bertz CT molecular complexity index is 1510. The van der Waals surface area contributed by atoms with Crippen molar-refractivity contribution in [2.24, 2.45) is 11.3 Å². The zero-order valence-corrected chi connectivity index (χ0v) is 20.5. The number of aromatic amines is 1. The molecule has 1 aliphatic carbocycles. The number of nitrogens with one attached hydrogen (secondary N) is 1. The van der Waals surface area contributed by atoms with Crippen LogP contribution >= 0.6 is 11.6 Å². The summed E-state index contributed by atoms with van der Waals surface area (Å²) in [6, 6.07) is 22.4. The van der Waals surface area contributed by atoms with Gasteiger partial charge in [0.05, 0.1) is 47.1 Å². The van der Waals surface area contributed by atoms with Gasteiger partial charge in [-0.1, -0.05) is 73.1 Å². The molecule has 1 unspecified atom stereocenters. The van der Waals surface area contributed by atoms with Gasteiger partial charge >= 0.3 is 0 Å². The topological polar surface area (TPSA) is 80.2 Å². The van der Waals surface area contributed by atoms with Crippen LogP contribution in [0.25, 0.3) is 33.4 Å². The lowest BCUT2D eigenvalue weighted by Gasteiger charge is -2.16. The molecule has 0 bridgehead atoms. The third kappa shape index (κ3) is 3.27. The number of nitriles is 1. The molecule has 2 aliphatic heterocycles. The first-order chi connectivity index (χ1) is 17.6. The van der Waals surface area contributed by atoms with E-state index in [1.165, 1.54) is 0 Å². The molecular weight excluding hydrogens is 474 g/mol. The Morgan fingerprint density at radius 1 is 1.08 bits per heavy atom. The van der Waals surface area contributed by atoms with Crippen molar-refractivity contribution in [3.8, 4) is 34.3 Å².